The van der Waals surface area contributed by atoms with Gasteiger partial charge in [0.15, 0.2) is 0 Å². The fraction of sp³-hybridized carbons (Fsp3) is 0.379. The van der Waals surface area contributed by atoms with Crippen molar-refractivity contribution >= 4 is 28.9 Å². The molecule has 2 aliphatic rings. The van der Waals surface area contributed by atoms with Gasteiger partial charge in [-0.05, 0) is 93.5 Å². The predicted octanol–water partition coefficient (Wildman–Crippen LogP) is 4.59. The monoisotopic (exact) mass is 543 g/mol. The van der Waals surface area contributed by atoms with Crippen molar-refractivity contribution in [2.45, 2.75) is 38.6 Å². The summed E-state index contributed by atoms with van der Waals surface area (Å²) in [5.41, 5.74) is 7.78. The van der Waals surface area contributed by atoms with Crippen LogP contribution in [0, 0.1) is 6.92 Å². The van der Waals surface area contributed by atoms with E-state index in [0.29, 0.717) is 22.9 Å². The summed E-state index contributed by atoms with van der Waals surface area (Å²) in [4.78, 5) is 26.0. The van der Waals surface area contributed by atoms with E-state index in [-0.39, 0.29) is 11.9 Å². The first-order chi connectivity index (χ1) is 18.9. The average molecular weight is 544 g/mol. The van der Waals surface area contributed by atoms with Crippen molar-refractivity contribution < 1.29 is 9.53 Å². The molecular weight excluding hydrogens is 510 g/mol. The zero-order chi connectivity index (χ0) is 27.1. The molecule has 6 rings (SSSR count). The molecule has 1 fully saturated rings. The molecule has 0 unspecified atom stereocenters. The van der Waals surface area contributed by atoms with Gasteiger partial charge >= 0.3 is 0 Å². The lowest BCUT2D eigenvalue weighted by atomic mass is 9.92. The Balaban J connectivity index is 1.27. The fourth-order valence-electron chi connectivity index (χ4n) is 5.48. The van der Waals surface area contributed by atoms with Gasteiger partial charge in [0.05, 0.1) is 40.3 Å². The molecule has 4 heterocycles. The Morgan fingerprint density at radius 3 is 2.72 bits per heavy atom. The van der Waals surface area contributed by atoms with Crippen LogP contribution >= 0.6 is 11.3 Å². The Morgan fingerprint density at radius 2 is 1.97 bits per heavy atom. The number of rotatable bonds is 6. The highest BCUT2D eigenvalue weighted by Crippen LogP contribution is 2.42. The minimum atomic E-state index is -0.0834. The second kappa shape index (κ2) is 10.4. The van der Waals surface area contributed by atoms with Crippen molar-refractivity contribution in [1.29, 1.82) is 0 Å². The Bertz CT molecular complexity index is 1530. The van der Waals surface area contributed by atoms with Gasteiger partial charge in [-0.25, -0.2) is 9.97 Å². The summed E-state index contributed by atoms with van der Waals surface area (Å²) in [7, 11) is 5.71. The second-order valence-corrected chi connectivity index (χ2v) is 11.3. The number of nitrogens with zero attached hydrogens (tertiary/aromatic N) is 5. The molecule has 202 valence electrons. The summed E-state index contributed by atoms with van der Waals surface area (Å²) < 4.78 is 7.63. The Hall–Kier alpha value is -3.76. The molecule has 1 aliphatic carbocycles. The van der Waals surface area contributed by atoms with Gasteiger partial charge in [0, 0.05) is 24.8 Å². The maximum absolute atomic E-state index is 12.9. The molecule has 0 radical (unpaired) electrons. The van der Waals surface area contributed by atoms with Gasteiger partial charge in [-0.2, -0.15) is 5.10 Å². The van der Waals surface area contributed by atoms with E-state index in [9.17, 15) is 4.79 Å². The Kier molecular flexibility index (Phi) is 6.82. The lowest BCUT2D eigenvalue weighted by Gasteiger charge is -2.29. The van der Waals surface area contributed by atoms with Crippen LogP contribution in [-0.2, 0) is 19.9 Å². The smallest absolute Gasteiger partial charge is 0.251 e. The van der Waals surface area contributed by atoms with Crippen molar-refractivity contribution in [1.82, 2.24) is 30.0 Å². The van der Waals surface area contributed by atoms with Crippen molar-refractivity contribution in [3.8, 4) is 27.6 Å². The predicted molar refractivity (Wildman–Crippen MR) is 154 cm³/mol. The molecule has 4 aromatic rings. The number of carbonyl (C=O) groups is 1. The highest BCUT2D eigenvalue weighted by molar-refractivity contribution is 7.13. The molecule has 1 aromatic carbocycles. The van der Waals surface area contributed by atoms with Crippen LogP contribution in [0.15, 0.2) is 35.8 Å². The van der Waals surface area contributed by atoms with Crippen molar-refractivity contribution in [3.05, 3.63) is 58.2 Å². The molecule has 3 aromatic heterocycles. The number of likely N-dealkylation sites (tertiary alicyclic amines) is 1. The molecule has 1 amide bonds. The largest absolute Gasteiger partial charge is 0.495 e. The number of hydrogen-bond acceptors (Lipinski definition) is 8. The first-order valence-corrected chi connectivity index (χ1v) is 14.2. The van der Waals surface area contributed by atoms with Gasteiger partial charge in [-0.1, -0.05) is 0 Å². The van der Waals surface area contributed by atoms with E-state index in [1.807, 2.05) is 30.1 Å². The van der Waals surface area contributed by atoms with Crippen LogP contribution in [-0.4, -0.2) is 63.8 Å². The van der Waals surface area contributed by atoms with Gasteiger partial charge in [0.1, 0.15) is 5.75 Å². The first kappa shape index (κ1) is 25.5. The van der Waals surface area contributed by atoms with Gasteiger partial charge in [-0.3, -0.25) is 9.48 Å². The van der Waals surface area contributed by atoms with E-state index in [2.05, 4.69) is 45.9 Å². The summed E-state index contributed by atoms with van der Waals surface area (Å²) in [5, 5.41) is 13.4. The number of nitrogens with one attached hydrogen (secondary N) is 2. The number of fused-ring (bicyclic) bond motifs is 3. The summed E-state index contributed by atoms with van der Waals surface area (Å²) >= 11 is 1.72. The molecule has 0 atom stereocenters. The molecule has 39 heavy (non-hydrogen) atoms. The number of ether oxygens (including phenoxy) is 1. The zero-order valence-corrected chi connectivity index (χ0v) is 23.6. The summed E-state index contributed by atoms with van der Waals surface area (Å²) in [6.45, 7) is 4.12. The maximum atomic E-state index is 12.9. The summed E-state index contributed by atoms with van der Waals surface area (Å²) in [6, 6.07) is 7.76. The molecule has 2 N–H and O–H groups in total. The molecule has 0 spiro atoms. The topological polar surface area (TPSA) is 97.2 Å². The zero-order valence-electron chi connectivity index (χ0n) is 22.7. The van der Waals surface area contributed by atoms with Gasteiger partial charge in [-0.15, -0.1) is 11.3 Å². The molecular formula is C29H33N7O2S. The van der Waals surface area contributed by atoms with Crippen LogP contribution in [0.4, 0.5) is 11.6 Å². The highest BCUT2D eigenvalue weighted by Gasteiger charge is 2.28. The maximum Gasteiger partial charge on any atom is 0.251 e. The van der Waals surface area contributed by atoms with Crippen LogP contribution in [0.5, 0.6) is 5.75 Å². The van der Waals surface area contributed by atoms with Crippen LogP contribution in [0.1, 0.15) is 40.0 Å². The quantitative estimate of drug-likeness (QED) is 0.367. The number of hydrogen-bond donors (Lipinski definition) is 2. The molecule has 10 heteroatoms. The third kappa shape index (κ3) is 4.90. The third-order valence-corrected chi connectivity index (χ3v) is 8.72. The van der Waals surface area contributed by atoms with Crippen LogP contribution in [0.2, 0.25) is 0 Å². The van der Waals surface area contributed by atoms with E-state index < -0.39 is 0 Å². The Labute approximate surface area is 232 Å². The number of piperidine rings is 1. The van der Waals surface area contributed by atoms with E-state index >= 15 is 0 Å². The number of anilines is 2. The van der Waals surface area contributed by atoms with Crippen LogP contribution in [0.25, 0.3) is 21.8 Å². The van der Waals surface area contributed by atoms with Gasteiger partial charge in [0.2, 0.25) is 5.95 Å². The van der Waals surface area contributed by atoms with Crippen molar-refractivity contribution in [2.24, 2.45) is 7.05 Å². The second-order valence-electron chi connectivity index (χ2n) is 10.4. The average Bonchev–Trinajstić information content (AvgIpc) is 3.51. The minimum Gasteiger partial charge on any atom is -0.495 e. The minimum absolute atomic E-state index is 0.0834. The summed E-state index contributed by atoms with van der Waals surface area (Å²) in [6.07, 6.45) is 5.54. The molecule has 1 aliphatic heterocycles. The van der Waals surface area contributed by atoms with Gasteiger partial charge < -0.3 is 20.3 Å². The van der Waals surface area contributed by atoms with Crippen LogP contribution in [0.3, 0.4) is 0 Å². The molecule has 0 saturated carbocycles. The number of aromatic nitrogens is 4. The number of thiophene rings is 1. The van der Waals surface area contributed by atoms with Crippen molar-refractivity contribution in [3.63, 3.8) is 0 Å². The SMILES string of the molecule is COc1cc(C(=O)NC2CCN(C)CC2)ccc1Nc1ncc2c(n1)-c1c(nn(C)c1-c1sccc1C)CC2. The van der Waals surface area contributed by atoms with Gasteiger partial charge in [0.25, 0.3) is 5.91 Å². The normalized spacial score (nSPS) is 15.5. The van der Waals surface area contributed by atoms with E-state index in [4.69, 9.17) is 14.8 Å². The third-order valence-electron chi connectivity index (χ3n) is 7.69. The molecule has 9 nitrogen and oxygen atoms in total. The van der Waals surface area contributed by atoms with Crippen molar-refractivity contribution in [2.75, 3.05) is 32.6 Å². The molecule has 0 bridgehead atoms. The lowest BCUT2D eigenvalue weighted by Crippen LogP contribution is -2.43. The number of methoxy groups -OCH3 is 1. The number of aryl methyl sites for hydroxylation is 4. The summed E-state index contributed by atoms with van der Waals surface area (Å²) in [5.74, 6) is 0.949. The standard InChI is InChI=1S/C29H33N7O2S/c1-17-11-14-39-27(17)26-24-22(34-36(26)3)8-6-19-16-30-29(33-25(19)24)32-21-7-5-18(15-23(21)38-4)28(37)31-20-9-12-35(2)13-10-20/h5,7,11,14-16,20H,6,8-10,12-13H2,1-4H3,(H,31,37)(H,30,32,33). The number of benzene rings is 1. The van der Waals surface area contributed by atoms with E-state index in [0.717, 1.165) is 67.0 Å². The fourth-order valence-corrected chi connectivity index (χ4v) is 6.48. The molecule has 1 saturated heterocycles. The van der Waals surface area contributed by atoms with Crippen LogP contribution < -0.4 is 15.4 Å². The first-order valence-electron chi connectivity index (χ1n) is 13.3. The Morgan fingerprint density at radius 1 is 1.15 bits per heavy atom. The number of amides is 1. The lowest BCUT2D eigenvalue weighted by molar-refractivity contribution is 0.0916. The van der Waals surface area contributed by atoms with E-state index in [1.165, 1.54) is 10.4 Å². The van der Waals surface area contributed by atoms with E-state index in [1.54, 1.807) is 24.5 Å². The highest BCUT2D eigenvalue weighted by atomic mass is 32.1. The number of carbonyl (C=O) groups excluding carboxylic acids is 1.